The lowest BCUT2D eigenvalue weighted by atomic mass is 9.86. The first kappa shape index (κ1) is 21.0. The van der Waals surface area contributed by atoms with Gasteiger partial charge in [0.1, 0.15) is 0 Å². The molecular formula is C21H16ClF4N3O3. The van der Waals surface area contributed by atoms with E-state index in [1.807, 2.05) is 0 Å². The second-order valence-corrected chi connectivity index (χ2v) is 8.68. The van der Waals surface area contributed by atoms with Crippen molar-refractivity contribution in [3.63, 3.8) is 0 Å². The Kier molecular flexibility index (Phi) is 4.65. The normalized spacial score (nSPS) is 26.8. The van der Waals surface area contributed by atoms with Crippen molar-refractivity contribution in [3.05, 3.63) is 58.5 Å². The number of aliphatic hydroxyl groups is 1. The number of ether oxygens (including phenoxy) is 1. The molecule has 1 heterocycles. The van der Waals surface area contributed by atoms with E-state index in [9.17, 15) is 27.5 Å². The van der Waals surface area contributed by atoms with Crippen molar-refractivity contribution in [2.24, 2.45) is 11.8 Å². The highest BCUT2D eigenvalue weighted by atomic mass is 35.5. The number of alkyl halides is 3. The molecule has 0 bridgehead atoms. The Hall–Kier alpha value is -2.85. The van der Waals surface area contributed by atoms with E-state index >= 15 is 0 Å². The first-order chi connectivity index (χ1) is 15.0. The molecule has 5 rings (SSSR count). The van der Waals surface area contributed by atoms with Gasteiger partial charge in [0.2, 0.25) is 0 Å². The van der Waals surface area contributed by atoms with Crippen LogP contribution in [-0.2, 0) is 5.60 Å². The van der Waals surface area contributed by atoms with E-state index in [0.717, 1.165) is 17.5 Å². The third-order valence-corrected chi connectivity index (χ3v) is 6.44. The summed E-state index contributed by atoms with van der Waals surface area (Å²) in [6.45, 7) is 0. The highest BCUT2D eigenvalue weighted by Crippen LogP contribution is 2.60. The SMILES string of the molecule is O=C(N[C@H]1[C@@H]2C[C@@](O)(c3cc(Cl)cc4[nH]ncc34)C[C@@H]21)c1ccc(F)c(OC(F)(F)F)c1. The number of aromatic nitrogens is 2. The van der Waals surface area contributed by atoms with Crippen molar-refractivity contribution in [2.75, 3.05) is 0 Å². The van der Waals surface area contributed by atoms with Crippen LogP contribution in [0.25, 0.3) is 10.9 Å². The van der Waals surface area contributed by atoms with E-state index in [4.69, 9.17) is 11.6 Å². The minimum atomic E-state index is -5.07. The monoisotopic (exact) mass is 469 g/mol. The number of H-pyrrole nitrogens is 1. The topological polar surface area (TPSA) is 87.2 Å². The Morgan fingerprint density at radius 3 is 2.66 bits per heavy atom. The van der Waals surface area contributed by atoms with Gasteiger partial charge in [-0.2, -0.15) is 5.10 Å². The van der Waals surface area contributed by atoms with Gasteiger partial charge in [-0.15, -0.1) is 13.2 Å². The van der Waals surface area contributed by atoms with Gasteiger partial charge < -0.3 is 15.2 Å². The summed E-state index contributed by atoms with van der Waals surface area (Å²) in [6, 6.07) is 5.74. The van der Waals surface area contributed by atoms with Gasteiger partial charge in [-0.1, -0.05) is 11.6 Å². The minimum Gasteiger partial charge on any atom is -0.403 e. The van der Waals surface area contributed by atoms with Crippen LogP contribution >= 0.6 is 11.6 Å². The van der Waals surface area contributed by atoms with E-state index in [2.05, 4.69) is 20.3 Å². The molecule has 3 N–H and O–H groups in total. The van der Waals surface area contributed by atoms with Gasteiger partial charge in [-0.05, 0) is 60.6 Å². The maximum atomic E-state index is 13.6. The molecule has 32 heavy (non-hydrogen) atoms. The molecule has 2 aliphatic carbocycles. The fraction of sp³-hybridized carbons (Fsp3) is 0.333. The lowest BCUT2D eigenvalue weighted by Crippen LogP contribution is -2.33. The van der Waals surface area contributed by atoms with Crippen LogP contribution in [0.15, 0.2) is 36.5 Å². The number of fused-ring (bicyclic) bond motifs is 2. The van der Waals surface area contributed by atoms with Crippen molar-refractivity contribution in [3.8, 4) is 5.75 Å². The molecule has 0 saturated heterocycles. The summed E-state index contributed by atoms with van der Waals surface area (Å²) in [5.41, 5.74) is 0.0894. The molecule has 1 amide bonds. The predicted octanol–water partition coefficient (Wildman–Crippen LogP) is 4.28. The predicted molar refractivity (Wildman–Crippen MR) is 106 cm³/mol. The number of halogens is 5. The van der Waals surface area contributed by atoms with Crippen molar-refractivity contribution < 1.29 is 32.2 Å². The summed E-state index contributed by atoms with van der Waals surface area (Å²) < 4.78 is 54.5. The molecule has 168 valence electrons. The second kappa shape index (κ2) is 7.08. The molecule has 2 saturated carbocycles. The van der Waals surface area contributed by atoms with Crippen LogP contribution in [0.5, 0.6) is 5.75 Å². The number of nitrogens with one attached hydrogen (secondary N) is 2. The van der Waals surface area contributed by atoms with Crippen LogP contribution in [0.3, 0.4) is 0 Å². The fourth-order valence-electron chi connectivity index (χ4n) is 4.78. The van der Waals surface area contributed by atoms with Gasteiger partial charge >= 0.3 is 6.36 Å². The molecule has 11 heteroatoms. The van der Waals surface area contributed by atoms with Gasteiger partial charge in [-0.25, -0.2) is 4.39 Å². The highest BCUT2D eigenvalue weighted by Gasteiger charge is 2.62. The summed E-state index contributed by atoms with van der Waals surface area (Å²) in [5, 5.41) is 22.1. The quantitative estimate of drug-likeness (QED) is 0.498. The van der Waals surface area contributed by atoms with Crippen LogP contribution in [0.2, 0.25) is 5.02 Å². The first-order valence-electron chi connectivity index (χ1n) is 9.76. The fourth-order valence-corrected chi connectivity index (χ4v) is 5.00. The molecule has 4 atom stereocenters. The zero-order valence-corrected chi connectivity index (χ0v) is 17.0. The number of hydrogen-bond donors (Lipinski definition) is 3. The molecular weight excluding hydrogens is 454 g/mol. The Balaban J connectivity index is 1.28. The summed E-state index contributed by atoms with van der Waals surface area (Å²) in [4.78, 5) is 12.5. The van der Waals surface area contributed by atoms with Gasteiger partial charge in [-0.3, -0.25) is 9.89 Å². The highest BCUT2D eigenvalue weighted by molar-refractivity contribution is 6.31. The summed E-state index contributed by atoms with van der Waals surface area (Å²) in [6.07, 6.45) is -2.68. The maximum Gasteiger partial charge on any atom is 0.573 e. The van der Waals surface area contributed by atoms with E-state index < -0.39 is 29.4 Å². The summed E-state index contributed by atoms with van der Waals surface area (Å²) in [5.74, 6) is -2.94. The van der Waals surface area contributed by atoms with Crippen molar-refractivity contribution in [2.45, 2.75) is 30.8 Å². The van der Waals surface area contributed by atoms with Gasteiger partial charge in [0, 0.05) is 22.0 Å². The third kappa shape index (κ3) is 3.67. The molecule has 6 nitrogen and oxygen atoms in total. The summed E-state index contributed by atoms with van der Waals surface area (Å²) in [7, 11) is 0. The molecule has 0 spiro atoms. The number of rotatable bonds is 4. The number of hydrogen-bond acceptors (Lipinski definition) is 4. The standard InChI is InChI=1S/C21H16ClF4N3O3/c22-10-4-14(13-8-27-29-16(13)5-10)20(31)6-11-12(7-20)18(11)28-19(30)9-1-2-15(23)17(3-9)32-21(24,25)26/h1-5,8,11-12,18,31H,6-7H2,(H,27,29)(H,28,30)/t11-,12+,18+,20+. The number of aromatic amines is 1. The number of benzene rings is 2. The van der Waals surface area contributed by atoms with E-state index in [1.165, 1.54) is 0 Å². The minimum absolute atomic E-state index is 0.00349. The Labute approximate surface area is 183 Å². The average molecular weight is 470 g/mol. The number of nitrogens with zero attached hydrogens (tertiary/aromatic N) is 1. The third-order valence-electron chi connectivity index (χ3n) is 6.22. The van der Waals surface area contributed by atoms with Crippen LogP contribution in [-0.4, -0.2) is 33.6 Å². The second-order valence-electron chi connectivity index (χ2n) is 8.24. The van der Waals surface area contributed by atoms with E-state index in [1.54, 1.807) is 18.3 Å². The zero-order chi connectivity index (χ0) is 22.8. The summed E-state index contributed by atoms with van der Waals surface area (Å²) >= 11 is 6.17. The van der Waals surface area contributed by atoms with Crippen molar-refractivity contribution in [1.82, 2.24) is 15.5 Å². The van der Waals surface area contributed by atoms with Gasteiger partial charge in [0.15, 0.2) is 11.6 Å². The smallest absolute Gasteiger partial charge is 0.403 e. The Morgan fingerprint density at radius 1 is 1.25 bits per heavy atom. The van der Waals surface area contributed by atoms with Crippen molar-refractivity contribution in [1.29, 1.82) is 0 Å². The molecule has 2 aromatic carbocycles. The molecule has 2 fully saturated rings. The molecule has 3 aromatic rings. The number of carbonyl (C=O) groups excluding carboxylic acids is 1. The van der Waals surface area contributed by atoms with Crippen LogP contribution < -0.4 is 10.1 Å². The molecule has 0 aliphatic heterocycles. The van der Waals surface area contributed by atoms with Crippen molar-refractivity contribution >= 4 is 28.4 Å². The first-order valence-corrected chi connectivity index (χ1v) is 10.1. The molecule has 2 aliphatic rings. The Morgan fingerprint density at radius 2 is 1.97 bits per heavy atom. The largest absolute Gasteiger partial charge is 0.573 e. The van der Waals surface area contributed by atoms with Crippen LogP contribution in [0.1, 0.15) is 28.8 Å². The van der Waals surface area contributed by atoms with E-state index in [0.29, 0.717) is 35.0 Å². The average Bonchev–Trinajstić information content (AvgIpc) is 3.07. The van der Waals surface area contributed by atoms with Gasteiger partial charge in [0.05, 0.1) is 17.3 Å². The van der Waals surface area contributed by atoms with Crippen LogP contribution in [0, 0.1) is 17.7 Å². The lowest BCUT2D eigenvalue weighted by Gasteiger charge is -2.27. The van der Waals surface area contributed by atoms with E-state index in [-0.39, 0.29) is 23.4 Å². The van der Waals surface area contributed by atoms with Crippen LogP contribution in [0.4, 0.5) is 17.6 Å². The Bertz CT molecular complexity index is 1220. The molecule has 1 aromatic heterocycles. The lowest BCUT2D eigenvalue weighted by molar-refractivity contribution is -0.275. The maximum absolute atomic E-state index is 13.6. The zero-order valence-electron chi connectivity index (χ0n) is 16.2. The molecule has 0 unspecified atom stereocenters. The number of carbonyl (C=O) groups is 1. The number of amides is 1. The van der Waals surface area contributed by atoms with Gasteiger partial charge in [0.25, 0.3) is 5.91 Å². The molecule has 0 radical (unpaired) electrons.